The van der Waals surface area contributed by atoms with Crippen LogP contribution in [0.2, 0.25) is 0 Å². The lowest BCUT2D eigenvalue weighted by Gasteiger charge is -2.37. The van der Waals surface area contributed by atoms with Crippen molar-refractivity contribution in [2.75, 3.05) is 24.5 Å². The molecule has 0 aromatic carbocycles. The van der Waals surface area contributed by atoms with E-state index in [1.54, 1.807) is 6.33 Å². The second kappa shape index (κ2) is 7.27. The van der Waals surface area contributed by atoms with Crippen LogP contribution in [0.15, 0.2) is 43.1 Å². The Balaban J connectivity index is 1.25. The Morgan fingerprint density at radius 3 is 2.97 bits per heavy atom. The van der Waals surface area contributed by atoms with Gasteiger partial charge in [-0.25, -0.2) is 9.97 Å². The fourth-order valence-electron chi connectivity index (χ4n) is 4.30. The van der Waals surface area contributed by atoms with E-state index >= 15 is 0 Å². The second-order valence-electron chi connectivity index (χ2n) is 7.79. The van der Waals surface area contributed by atoms with E-state index < -0.39 is 0 Å². The van der Waals surface area contributed by atoms with E-state index in [4.69, 9.17) is 0 Å². The zero-order chi connectivity index (χ0) is 19.8. The van der Waals surface area contributed by atoms with E-state index in [1.165, 1.54) is 0 Å². The lowest BCUT2D eigenvalue weighted by molar-refractivity contribution is -0.132. The normalized spacial score (nSPS) is 22.0. The Morgan fingerprint density at radius 2 is 2.10 bits per heavy atom. The monoisotopic (exact) mass is 389 g/mol. The number of pyridine rings is 1. The summed E-state index contributed by atoms with van der Waals surface area (Å²) in [4.78, 5) is 26.0. The Kier molecular flexibility index (Phi) is 4.46. The molecule has 0 aliphatic carbocycles. The predicted octanol–water partition coefficient (Wildman–Crippen LogP) is 1.97. The zero-order valence-electron chi connectivity index (χ0n) is 16.3. The van der Waals surface area contributed by atoms with Gasteiger partial charge in [-0.2, -0.15) is 0 Å². The van der Waals surface area contributed by atoms with Gasteiger partial charge in [-0.15, -0.1) is 10.2 Å². The molecule has 29 heavy (non-hydrogen) atoms. The molecule has 2 fully saturated rings. The molecule has 0 radical (unpaired) electrons. The number of aryl methyl sites for hydroxylation is 1. The summed E-state index contributed by atoms with van der Waals surface area (Å²) >= 11 is 0. The van der Waals surface area contributed by atoms with E-state index in [0.717, 1.165) is 55.2 Å². The smallest absolute Gasteiger partial charge is 0.226 e. The number of nitrogens with zero attached hydrogens (tertiary/aromatic N) is 7. The zero-order valence-corrected chi connectivity index (χ0v) is 16.3. The molecule has 2 aliphatic heterocycles. The number of hydrogen-bond acceptors (Lipinski definition) is 6. The molecule has 8 nitrogen and oxygen atoms in total. The van der Waals surface area contributed by atoms with Gasteiger partial charge in [0.25, 0.3) is 0 Å². The highest BCUT2D eigenvalue weighted by Gasteiger charge is 2.42. The lowest BCUT2D eigenvalue weighted by atomic mass is 10.00. The van der Waals surface area contributed by atoms with E-state index in [2.05, 4.69) is 31.1 Å². The summed E-state index contributed by atoms with van der Waals surface area (Å²) < 4.78 is 1.89. The van der Waals surface area contributed by atoms with Crippen LogP contribution in [0, 0.1) is 12.8 Å². The minimum atomic E-state index is 0.0349. The molecule has 5 heterocycles. The van der Waals surface area contributed by atoms with Crippen molar-refractivity contribution < 1.29 is 4.79 Å². The average molecular weight is 389 g/mol. The summed E-state index contributed by atoms with van der Waals surface area (Å²) in [6.45, 7) is 4.30. The Hall–Kier alpha value is -3.29. The SMILES string of the molecule is Cc1cnc(N2CCN3C(=O)[C@@H](C/C=C\c4cccn5cnnc45)C[C@H]3C2)nc1. The first-order valence-corrected chi connectivity index (χ1v) is 9.98. The Labute approximate surface area is 168 Å². The van der Waals surface area contributed by atoms with Gasteiger partial charge in [0.1, 0.15) is 6.33 Å². The highest BCUT2D eigenvalue weighted by Crippen LogP contribution is 2.31. The molecule has 3 aromatic heterocycles. The third-order valence-corrected chi connectivity index (χ3v) is 5.79. The molecule has 0 saturated carbocycles. The van der Waals surface area contributed by atoms with Crippen molar-refractivity contribution in [3.8, 4) is 0 Å². The van der Waals surface area contributed by atoms with Crippen LogP contribution in [0.1, 0.15) is 24.0 Å². The van der Waals surface area contributed by atoms with E-state index in [9.17, 15) is 4.79 Å². The van der Waals surface area contributed by atoms with Crippen molar-refractivity contribution in [1.82, 2.24) is 29.5 Å². The molecule has 0 spiro atoms. The van der Waals surface area contributed by atoms with Gasteiger partial charge in [-0.3, -0.25) is 9.20 Å². The number of fused-ring (bicyclic) bond motifs is 2. The van der Waals surface area contributed by atoms with Crippen molar-refractivity contribution in [2.45, 2.75) is 25.8 Å². The highest BCUT2D eigenvalue weighted by molar-refractivity contribution is 5.82. The van der Waals surface area contributed by atoms with Crippen molar-refractivity contribution in [3.63, 3.8) is 0 Å². The number of anilines is 1. The highest BCUT2D eigenvalue weighted by atomic mass is 16.2. The van der Waals surface area contributed by atoms with E-state index in [-0.39, 0.29) is 17.9 Å². The standard InChI is InChI=1S/C21H23N7O/c1-15-11-22-21(23-12-15)26-8-9-28-18(13-26)10-17(20(28)29)5-2-4-16-6-3-7-27-14-24-25-19(16)27/h2-4,6-7,11-12,14,17-18H,5,8-10,13H2,1H3/b4-2-/t17-,18-/m0/s1. The van der Waals surface area contributed by atoms with Crippen LogP contribution in [0.25, 0.3) is 11.7 Å². The second-order valence-corrected chi connectivity index (χ2v) is 7.79. The molecule has 2 atom stereocenters. The van der Waals surface area contributed by atoms with Crippen LogP contribution in [0.3, 0.4) is 0 Å². The number of piperazine rings is 1. The van der Waals surface area contributed by atoms with Crippen LogP contribution < -0.4 is 4.90 Å². The predicted molar refractivity (Wildman–Crippen MR) is 109 cm³/mol. The van der Waals surface area contributed by atoms with Gasteiger partial charge >= 0.3 is 0 Å². The first-order chi connectivity index (χ1) is 14.2. The largest absolute Gasteiger partial charge is 0.337 e. The van der Waals surface area contributed by atoms with Gasteiger partial charge in [-0.1, -0.05) is 12.2 Å². The fourth-order valence-corrected chi connectivity index (χ4v) is 4.30. The number of aromatic nitrogens is 5. The first kappa shape index (κ1) is 17.8. The van der Waals surface area contributed by atoms with Gasteiger partial charge in [0.2, 0.25) is 11.9 Å². The van der Waals surface area contributed by atoms with Gasteiger partial charge < -0.3 is 9.80 Å². The van der Waals surface area contributed by atoms with Crippen molar-refractivity contribution in [2.24, 2.45) is 5.92 Å². The number of amides is 1. The summed E-state index contributed by atoms with van der Waals surface area (Å²) in [6, 6.07) is 4.22. The van der Waals surface area contributed by atoms with Gasteiger partial charge in [0.05, 0.1) is 6.04 Å². The first-order valence-electron chi connectivity index (χ1n) is 9.98. The molecular weight excluding hydrogens is 366 g/mol. The van der Waals surface area contributed by atoms with Gasteiger partial charge in [0.15, 0.2) is 5.65 Å². The summed E-state index contributed by atoms with van der Waals surface area (Å²) in [5.74, 6) is 1.06. The van der Waals surface area contributed by atoms with Gasteiger partial charge in [0, 0.05) is 49.7 Å². The third-order valence-electron chi connectivity index (χ3n) is 5.79. The van der Waals surface area contributed by atoms with Gasteiger partial charge in [-0.05, 0) is 37.5 Å². The van der Waals surface area contributed by atoms with Crippen LogP contribution in [-0.4, -0.2) is 61.0 Å². The number of hydrogen-bond donors (Lipinski definition) is 0. The average Bonchev–Trinajstić information content (AvgIpc) is 3.34. The Morgan fingerprint density at radius 1 is 1.24 bits per heavy atom. The molecule has 2 saturated heterocycles. The number of carbonyl (C=O) groups is 1. The molecule has 0 N–H and O–H groups in total. The maximum Gasteiger partial charge on any atom is 0.226 e. The maximum atomic E-state index is 12.9. The topological polar surface area (TPSA) is 79.5 Å². The lowest BCUT2D eigenvalue weighted by Crippen LogP contribution is -2.52. The number of rotatable bonds is 4. The molecule has 148 valence electrons. The van der Waals surface area contributed by atoms with Crippen LogP contribution >= 0.6 is 0 Å². The molecule has 1 amide bonds. The van der Waals surface area contributed by atoms with Crippen molar-refractivity contribution in [3.05, 3.63) is 54.3 Å². The van der Waals surface area contributed by atoms with Crippen LogP contribution in [0.5, 0.6) is 0 Å². The summed E-state index contributed by atoms with van der Waals surface area (Å²) in [6.07, 6.45) is 13.1. The van der Waals surface area contributed by atoms with Crippen LogP contribution in [-0.2, 0) is 4.79 Å². The summed E-state index contributed by atoms with van der Waals surface area (Å²) in [5.41, 5.74) is 2.89. The minimum Gasteiger partial charge on any atom is -0.337 e. The molecule has 0 bridgehead atoms. The Bertz CT molecular complexity index is 1060. The fraction of sp³-hybridized carbons (Fsp3) is 0.381. The maximum absolute atomic E-state index is 12.9. The molecule has 3 aromatic rings. The number of allylic oxidation sites excluding steroid dienone is 1. The molecule has 2 aliphatic rings. The van der Waals surface area contributed by atoms with Crippen molar-refractivity contribution >= 4 is 23.6 Å². The van der Waals surface area contributed by atoms with Crippen LogP contribution in [0.4, 0.5) is 5.95 Å². The van der Waals surface area contributed by atoms with E-state index in [1.807, 2.05) is 53.0 Å². The number of carbonyl (C=O) groups excluding carboxylic acids is 1. The molecular formula is C21H23N7O. The summed E-state index contributed by atoms with van der Waals surface area (Å²) in [5, 5.41) is 8.10. The van der Waals surface area contributed by atoms with Crippen molar-refractivity contribution in [1.29, 1.82) is 0 Å². The molecule has 0 unspecified atom stereocenters. The minimum absolute atomic E-state index is 0.0349. The third kappa shape index (κ3) is 3.35. The molecule has 5 rings (SSSR count). The summed E-state index contributed by atoms with van der Waals surface area (Å²) in [7, 11) is 0. The molecule has 8 heteroatoms. The van der Waals surface area contributed by atoms with E-state index in [0.29, 0.717) is 0 Å². The quantitative estimate of drug-likeness (QED) is 0.679.